The molecule has 9 rings (SSSR count). The third-order valence-electron chi connectivity index (χ3n) is 12.5. The molecule has 3 fully saturated rings. The molecule has 1 N–H and O–H groups in total. The maximum Gasteiger partial charge on any atom is 0.261 e. The van der Waals surface area contributed by atoms with Crippen molar-refractivity contribution in [3.05, 3.63) is 84.3 Å². The zero-order valence-electron chi connectivity index (χ0n) is 33.7. The van der Waals surface area contributed by atoms with E-state index in [1.807, 2.05) is 41.7 Å². The SMILES string of the molecule is CC(CCC(=O)NC=O)N1C(=O)c2ccc(N3CC(OCCCOCC(=O)N4CC5(CC(Oc6ccc(-c7ccc8c9cnccc9n(C)c8c7)cn6)C5)C4)C3)cc2C1=O. The van der Waals surface area contributed by atoms with Crippen LogP contribution in [0.2, 0.25) is 0 Å². The fourth-order valence-electron chi connectivity index (χ4n) is 9.08. The third-order valence-corrected chi connectivity index (χ3v) is 12.5. The van der Waals surface area contributed by atoms with Crippen molar-refractivity contribution in [3.63, 3.8) is 0 Å². The van der Waals surface area contributed by atoms with E-state index in [1.54, 1.807) is 19.1 Å². The van der Waals surface area contributed by atoms with Crippen LogP contribution in [0.25, 0.3) is 32.9 Å². The first kappa shape index (κ1) is 39.3. The summed E-state index contributed by atoms with van der Waals surface area (Å²) in [7, 11) is 2.08. The lowest BCUT2D eigenvalue weighted by Gasteiger charge is -2.58. The average Bonchev–Trinajstić information content (AvgIpc) is 3.64. The topological polar surface area (TPSA) is 166 Å². The zero-order chi connectivity index (χ0) is 41.5. The van der Waals surface area contributed by atoms with Crippen molar-refractivity contribution in [3.8, 4) is 17.0 Å². The number of benzene rings is 2. The molecule has 1 aliphatic carbocycles. The Labute approximate surface area is 346 Å². The number of rotatable bonds is 16. The van der Waals surface area contributed by atoms with Gasteiger partial charge in [-0.15, -0.1) is 0 Å². The zero-order valence-corrected chi connectivity index (χ0v) is 33.7. The molecular formula is C45H47N7O8. The van der Waals surface area contributed by atoms with Crippen LogP contribution in [-0.2, 0) is 30.9 Å². The highest BCUT2D eigenvalue weighted by Gasteiger charge is 2.54. The van der Waals surface area contributed by atoms with Crippen LogP contribution >= 0.6 is 0 Å². The first-order chi connectivity index (χ1) is 29.1. The number of fused-ring (bicyclic) bond motifs is 4. The second-order valence-corrected chi connectivity index (χ2v) is 16.6. The minimum absolute atomic E-state index is 0.00481. The van der Waals surface area contributed by atoms with Crippen molar-refractivity contribution < 1.29 is 38.2 Å². The molecule has 1 saturated carbocycles. The normalized spacial score (nSPS) is 17.7. The number of carbonyl (C=O) groups is 5. The van der Waals surface area contributed by atoms with E-state index in [9.17, 15) is 24.0 Å². The molecule has 0 bridgehead atoms. The molecular weight excluding hydrogens is 767 g/mol. The van der Waals surface area contributed by atoms with Gasteiger partial charge in [0.15, 0.2) is 0 Å². The van der Waals surface area contributed by atoms with Crippen LogP contribution in [0.3, 0.4) is 0 Å². The van der Waals surface area contributed by atoms with E-state index < -0.39 is 11.9 Å². The summed E-state index contributed by atoms with van der Waals surface area (Å²) >= 11 is 0. The molecule has 15 nitrogen and oxygen atoms in total. The molecule has 1 unspecified atom stereocenters. The Morgan fingerprint density at radius 2 is 1.72 bits per heavy atom. The molecule has 0 radical (unpaired) electrons. The van der Waals surface area contributed by atoms with Crippen molar-refractivity contribution in [2.24, 2.45) is 12.5 Å². The number of likely N-dealkylation sites (tertiary alicyclic amines) is 1. The molecule has 3 aliphatic heterocycles. The van der Waals surface area contributed by atoms with Gasteiger partial charge >= 0.3 is 0 Å². The third kappa shape index (κ3) is 7.47. The van der Waals surface area contributed by atoms with E-state index in [4.69, 9.17) is 14.2 Å². The van der Waals surface area contributed by atoms with Gasteiger partial charge in [0.2, 0.25) is 24.1 Å². The number of aryl methyl sites for hydroxylation is 1. The molecule has 3 aromatic heterocycles. The van der Waals surface area contributed by atoms with E-state index in [1.165, 1.54) is 10.3 Å². The van der Waals surface area contributed by atoms with Crippen LogP contribution in [0.1, 0.15) is 59.7 Å². The highest BCUT2D eigenvalue weighted by atomic mass is 16.5. The van der Waals surface area contributed by atoms with Crippen LogP contribution in [0.15, 0.2) is 73.2 Å². The Morgan fingerprint density at radius 1 is 0.917 bits per heavy atom. The van der Waals surface area contributed by atoms with E-state index in [0.717, 1.165) is 59.2 Å². The van der Waals surface area contributed by atoms with E-state index in [0.29, 0.717) is 56.1 Å². The number of anilines is 1. The summed E-state index contributed by atoms with van der Waals surface area (Å²) in [4.78, 5) is 75.1. The number of amides is 5. The molecule has 1 atom stereocenters. The summed E-state index contributed by atoms with van der Waals surface area (Å²) in [5, 5.41) is 4.39. The number of hydrogen-bond donors (Lipinski definition) is 1. The monoisotopic (exact) mass is 813 g/mol. The summed E-state index contributed by atoms with van der Waals surface area (Å²) in [6, 6.07) is 17.2. The maximum atomic E-state index is 13.2. The summed E-state index contributed by atoms with van der Waals surface area (Å²) in [6.45, 7) is 5.46. The van der Waals surface area contributed by atoms with Gasteiger partial charge in [-0.3, -0.25) is 39.2 Å². The minimum Gasteiger partial charge on any atom is -0.474 e. The number of hydrogen-bond acceptors (Lipinski definition) is 11. The fourth-order valence-corrected chi connectivity index (χ4v) is 9.08. The minimum atomic E-state index is -0.495. The number of ether oxygens (including phenoxy) is 3. The average molecular weight is 814 g/mol. The Balaban J connectivity index is 0.639. The van der Waals surface area contributed by atoms with Gasteiger partial charge in [-0.1, -0.05) is 12.1 Å². The number of aromatic nitrogens is 3. The smallest absolute Gasteiger partial charge is 0.261 e. The number of carbonyl (C=O) groups excluding carboxylic acids is 5. The lowest BCUT2D eigenvalue weighted by molar-refractivity contribution is -0.164. The molecule has 2 aromatic carbocycles. The van der Waals surface area contributed by atoms with Crippen LogP contribution in [0.4, 0.5) is 5.69 Å². The lowest BCUT2D eigenvalue weighted by atomic mass is 9.61. The van der Waals surface area contributed by atoms with Crippen LogP contribution in [-0.4, -0.2) is 119 Å². The lowest BCUT2D eigenvalue weighted by Crippen LogP contribution is -2.66. The van der Waals surface area contributed by atoms with Crippen LogP contribution in [0, 0.1) is 5.41 Å². The predicted octanol–water partition coefficient (Wildman–Crippen LogP) is 4.51. The molecule has 310 valence electrons. The first-order valence-corrected chi connectivity index (χ1v) is 20.5. The summed E-state index contributed by atoms with van der Waals surface area (Å²) in [6.07, 6.45) is 8.78. The molecule has 5 aromatic rings. The molecule has 60 heavy (non-hydrogen) atoms. The van der Waals surface area contributed by atoms with Gasteiger partial charge in [-0.05, 0) is 74.6 Å². The molecule has 4 aliphatic rings. The molecule has 1 spiro atoms. The standard InChI is InChI=1S/C45H47N7O8/c1-28(4-10-40(54)48-27-53)52-43(56)35-9-7-31(17-36(35)44(52)57)50-22-33(23-50)59-15-3-14-58-24-42(55)51-25-45(26-51)18-32(19-45)60-41-11-6-30(20-47-41)29-5-8-34-37-21-46-13-12-38(37)49(2)39(34)16-29/h5-9,11-13,16-17,20-21,27-28,32-33H,3-4,10,14-15,18-19,22-26H2,1-2H3,(H,48,53,54). The van der Waals surface area contributed by atoms with E-state index in [-0.39, 0.29) is 54.8 Å². The number of nitrogens with zero attached hydrogens (tertiary/aromatic N) is 6. The van der Waals surface area contributed by atoms with Crippen molar-refractivity contribution in [2.45, 2.75) is 57.3 Å². The van der Waals surface area contributed by atoms with Gasteiger partial charge in [0.1, 0.15) is 12.7 Å². The Kier molecular flexibility index (Phi) is 10.5. The Morgan fingerprint density at radius 3 is 2.50 bits per heavy atom. The van der Waals surface area contributed by atoms with Crippen LogP contribution in [0.5, 0.6) is 5.88 Å². The summed E-state index contributed by atoms with van der Waals surface area (Å²) in [5.74, 6) is -0.605. The highest BCUT2D eigenvalue weighted by Crippen LogP contribution is 2.49. The Hall–Kier alpha value is -6.19. The van der Waals surface area contributed by atoms with Crippen molar-refractivity contribution in [1.29, 1.82) is 0 Å². The summed E-state index contributed by atoms with van der Waals surface area (Å²) < 4.78 is 20.1. The van der Waals surface area contributed by atoms with Crippen molar-refractivity contribution in [1.82, 2.24) is 29.7 Å². The Bertz CT molecular complexity index is 2480. The van der Waals surface area contributed by atoms with Crippen LogP contribution < -0.4 is 15.0 Å². The van der Waals surface area contributed by atoms with Crippen molar-refractivity contribution >= 4 is 57.5 Å². The van der Waals surface area contributed by atoms with E-state index >= 15 is 0 Å². The first-order valence-electron chi connectivity index (χ1n) is 20.5. The van der Waals surface area contributed by atoms with Gasteiger partial charge in [0.05, 0.1) is 22.7 Å². The molecule has 6 heterocycles. The predicted molar refractivity (Wildman–Crippen MR) is 221 cm³/mol. The van der Waals surface area contributed by atoms with Gasteiger partial charge in [0.25, 0.3) is 11.8 Å². The molecule has 15 heteroatoms. The number of pyridine rings is 2. The highest BCUT2D eigenvalue weighted by molar-refractivity contribution is 6.22. The number of nitrogens with one attached hydrogen (secondary N) is 1. The van der Waals surface area contributed by atoms with Crippen molar-refractivity contribution in [2.75, 3.05) is 50.9 Å². The maximum absolute atomic E-state index is 13.2. The van der Waals surface area contributed by atoms with Gasteiger partial charge in [0, 0.05) is 117 Å². The van der Waals surface area contributed by atoms with Gasteiger partial charge < -0.3 is 28.6 Å². The fraction of sp³-hybridized carbons (Fsp3) is 0.400. The van der Waals surface area contributed by atoms with Gasteiger partial charge in [-0.2, -0.15) is 0 Å². The second kappa shape index (κ2) is 16.1. The largest absolute Gasteiger partial charge is 0.474 e. The molecule has 2 saturated heterocycles. The van der Waals surface area contributed by atoms with E-state index in [2.05, 4.69) is 56.1 Å². The van der Waals surface area contributed by atoms with Gasteiger partial charge in [-0.25, -0.2) is 4.98 Å². The second-order valence-electron chi connectivity index (χ2n) is 16.6. The quantitative estimate of drug-likeness (QED) is 0.0847. The number of imide groups is 2. The summed E-state index contributed by atoms with van der Waals surface area (Å²) in [5.41, 5.74) is 6.07. The molecule has 5 amide bonds.